The molecule has 0 heterocycles. The zero-order chi connectivity index (χ0) is 13.7. The second-order valence-corrected chi connectivity index (χ2v) is 4.33. The van der Waals surface area contributed by atoms with Crippen LogP contribution in [0, 0.1) is 5.92 Å². The van der Waals surface area contributed by atoms with Gasteiger partial charge in [0.1, 0.15) is 0 Å². The Hall–Kier alpha value is -1.59. The fraction of sp³-hybridized carbons (Fsp3) is 0.385. The summed E-state index contributed by atoms with van der Waals surface area (Å²) in [6.45, 7) is 3.74. The second-order valence-electron chi connectivity index (χ2n) is 4.33. The lowest BCUT2D eigenvalue weighted by Gasteiger charge is -2.15. The first-order valence-electron chi connectivity index (χ1n) is 5.70. The molecule has 0 saturated carbocycles. The van der Waals surface area contributed by atoms with Crippen LogP contribution >= 0.6 is 12.4 Å². The van der Waals surface area contributed by atoms with Crippen LogP contribution in [0.15, 0.2) is 24.3 Å². The molecule has 106 valence electrons. The molecule has 1 unspecified atom stereocenters. The molecule has 3 N–H and O–H groups in total. The van der Waals surface area contributed by atoms with E-state index in [4.69, 9.17) is 5.73 Å². The van der Waals surface area contributed by atoms with Crippen LogP contribution in [-0.2, 0) is 9.53 Å². The van der Waals surface area contributed by atoms with Gasteiger partial charge in [0.15, 0.2) is 0 Å². The average molecular weight is 287 g/mol. The highest BCUT2D eigenvalue weighted by atomic mass is 35.5. The van der Waals surface area contributed by atoms with Gasteiger partial charge in [-0.1, -0.05) is 19.9 Å². The van der Waals surface area contributed by atoms with Gasteiger partial charge < -0.3 is 15.8 Å². The van der Waals surface area contributed by atoms with Crippen molar-refractivity contribution in [2.45, 2.75) is 19.9 Å². The Kier molecular flexibility index (Phi) is 7.11. The number of anilines is 1. The third-order valence-corrected chi connectivity index (χ3v) is 2.57. The number of halogens is 1. The molecular formula is C13H19ClN2O3. The van der Waals surface area contributed by atoms with E-state index in [9.17, 15) is 9.59 Å². The van der Waals surface area contributed by atoms with Gasteiger partial charge >= 0.3 is 5.97 Å². The third kappa shape index (κ3) is 4.89. The van der Waals surface area contributed by atoms with Crippen molar-refractivity contribution in [1.29, 1.82) is 0 Å². The number of benzene rings is 1. The lowest BCUT2D eigenvalue weighted by molar-refractivity contribution is -0.118. The number of hydrogen-bond donors (Lipinski definition) is 2. The minimum atomic E-state index is -0.577. The number of carbonyl (C=O) groups is 2. The summed E-state index contributed by atoms with van der Waals surface area (Å²) in [5.41, 5.74) is 6.64. The zero-order valence-corrected chi connectivity index (χ0v) is 12.0. The monoisotopic (exact) mass is 286 g/mol. The summed E-state index contributed by atoms with van der Waals surface area (Å²) in [7, 11) is 1.31. The Morgan fingerprint density at radius 1 is 1.32 bits per heavy atom. The molecule has 1 amide bonds. The normalized spacial score (nSPS) is 11.4. The van der Waals surface area contributed by atoms with Gasteiger partial charge in [-0.25, -0.2) is 4.79 Å². The average Bonchev–Trinajstić information content (AvgIpc) is 2.36. The minimum absolute atomic E-state index is 0. The molecule has 0 aliphatic carbocycles. The first-order valence-corrected chi connectivity index (χ1v) is 5.70. The summed E-state index contributed by atoms with van der Waals surface area (Å²) < 4.78 is 4.61. The number of esters is 1. The first-order chi connectivity index (χ1) is 8.45. The number of amides is 1. The van der Waals surface area contributed by atoms with Crippen LogP contribution in [0.1, 0.15) is 24.2 Å². The van der Waals surface area contributed by atoms with Crippen molar-refractivity contribution in [1.82, 2.24) is 0 Å². The molecule has 1 aromatic carbocycles. The molecule has 0 aliphatic heterocycles. The standard InChI is InChI=1S/C13H18N2O3.ClH/c1-8(2)11(14)12(16)15-10-6-4-5-9(7-10)13(17)18-3;/h4-8,11H,14H2,1-3H3,(H,15,16);1H. The van der Waals surface area contributed by atoms with E-state index in [1.165, 1.54) is 7.11 Å². The van der Waals surface area contributed by atoms with Crippen LogP contribution in [0.4, 0.5) is 5.69 Å². The fourth-order valence-electron chi connectivity index (χ4n) is 1.37. The number of hydrogen-bond acceptors (Lipinski definition) is 4. The van der Waals surface area contributed by atoms with Gasteiger partial charge in [0.2, 0.25) is 5.91 Å². The number of carbonyl (C=O) groups excluding carboxylic acids is 2. The van der Waals surface area contributed by atoms with E-state index in [0.29, 0.717) is 11.3 Å². The summed E-state index contributed by atoms with van der Waals surface area (Å²) in [5, 5.41) is 2.67. The molecule has 0 saturated heterocycles. The molecule has 0 bridgehead atoms. The van der Waals surface area contributed by atoms with E-state index < -0.39 is 12.0 Å². The highest BCUT2D eigenvalue weighted by molar-refractivity contribution is 5.96. The van der Waals surface area contributed by atoms with Crippen molar-refractivity contribution in [2.24, 2.45) is 11.7 Å². The van der Waals surface area contributed by atoms with Crippen molar-refractivity contribution in [3.8, 4) is 0 Å². The van der Waals surface area contributed by atoms with Gasteiger partial charge in [-0.2, -0.15) is 0 Å². The molecule has 0 aromatic heterocycles. The molecule has 0 radical (unpaired) electrons. The lowest BCUT2D eigenvalue weighted by Crippen LogP contribution is -2.39. The lowest BCUT2D eigenvalue weighted by atomic mass is 10.0. The van der Waals surface area contributed by atoms with Crippen LogP contribution in [0.3, 0.4) is 0 Å². The van der Waals surface area contributed by atoms with Gasteiger partial charge in [-0.3, -0.25) is 4.79 Å². The van der Waals surface area contributed by atoms with Crippen molar-refractivity contribution >= 4 is 30.0 Å². The van der Waals surface area contributed by atoms with Crippen molar-refractivity contribution in [2.75, 3.05) is 12.4 Å². The number of ether oxygens (including phenoxy) is 1. The summed E-state index contributed by atoms with van der Waals surface area (Å²) >= 11 is 0. The minimum Gasteiger partial charge on any atom is -0.465 e. The predicted octanol–water partition coefficient (Wildman–Crippen LogP) is 1.82. The summed E-state index contributed by atoms with van der Waals surface area (Å²) in [6, 6.07) is 5.95. The van der Waals surface area contributed by atoms with E-state index in [0.717, 1.165) is 0 Å². The van der Waals surface area contributed by atoms with Gasteiger partial charge in [-0.15, -0.1) is 12.4 Å². The molecule has 5 nitrogen and oxygen atoms in total. The molecule has 0 spiro atoms. The van der Waals surface area contributed by atoms with E-state index in [1.54, 1.807) is 24.3 Å². The van der Waals surface area contributed by atoms with Gasteiger partial charge in [0.25, 0.3) is 0 Å². The van der Waals surface area contributed by atoms with Gasteiger partial charge in [0.05, 0.1) is 18.7 Å². The second kappa shape index (κ2) is 7.76. The number of methoxy groups -OCH3 is 1. The quantitative estimate of drug-likeness (QED) is 0.827. The van der Waals surface area contributed by atoms with E-state index in [-0.39, 0.29) is 24.2 Å². The third-order valence-electron chi connectivity index (χ3n) is 2.57. The Bertz CT molecular complexity index is 449. The van der Waals surface area contributed by atoms with Crippen LogP contribution in [0.5, 0.6) is 0 Å². The maximum absolute atomic E-state index is 11.8. The van der Waals surface area contributed by atoms with Crippen molar-refractivity contribution in [3.05, 3.63) is 29.8 Å². The summed E-state index contributed by atoms with van der Waals surface area (Å²) in [6.07, 6.45) is 0. The number of nitrogens with two attached hydrogens (primary N) is 1. The van der Waals surface area contributed by atoms with Gasteiger partial charge in [0, 0.05) is 5.69 Å². The van der Waals surface area contributed by atoms with Crippen LogP contribution in [0.2, 0.25) is 0 Å². The molecule has 1 aromatic rings. The Morgan fingerprint density at radius 2 is 1.95 bits per heavy atom. The fourth-order valence-corrected chi connectivity index (χ4v) is 1.37. The SMILES string of the molecule is COC(=O)c1cccc(NC(=O)C(N)C(C)C)c1.Cl. The topological polar surface area (TPSA) is 81.4 Å². The first kappa shape index (κ1) is 17.4. The smallest absolute Gasteiger partial charge is 0.337 e. The van der Waals surface area contributed by atoms with E-state index in [1.807, 2.05) is 13.8 Å². The van der Waals surface area contributed by atoms with Crippen LogP contribution in [-0.4, -0.2) is 25.0 Å². The highest BCUT2D eigenvalue weighted by Gasteiger charge is 2.17. The van der Waals surface area contributed by atoms with Crippen LogP contribution < -0.4 is 11.1 Å². The van der Waals surface area contributed by atoms with Crippen LogP contribution in [0.25, 0.3) is 0 Å². The molecule has 0 fully saturated rings. The zero-order valence-electron chi connectivity index (χ0n) is 11.2. The number of nitrogens with one attached hydrogen (secondary N) is 1. The molecule has 6 heteroatoms. The van der Waals surface area contributed by atoms with Gasteiger partial charge in [-0.05, 0) is 24.1 Å². The van der Waals surface area contributed by atoms with E-state index in [2.05, 4.69) is 10.1 Å². The van der Waals surface area contributed by atoms with Crippen molar-refractivity contribution < 1.29 is 14.3 Å². The maximum atomic E-state index is 11.8. The molecule has 0 aliphatic rings. The molecule has 1 atom stereocenters. The largest absolute Gasteiger partial charge is 0.465 e. The molecule has 1 rings (SSSR count). The van der Waals surface area contributed by atoms with Crippen molar-refractivity contribution in [3.63, 3.8) is 0 Å². The maximum Gasteiger partial charge on any atom is 0.337 e. The molecule has 19 heavy (non-hydrogen) atoms. The highest BCUT2D eigenvalue weighted by Crippen LogP contribution is 2.12. The molecular weight excluding hydrogens is 268 g/mol. The summed E-state index contributed by atoms with van der Waals surface area (Å²) in [4.78, 5) is 23.1. The predicted molar refractivity (Wildman–Crippen MR) is 76.5 cm³/mol. The Morgan fingerprint density at radius 3 is 2.47 bits per heavy atom. The Labute approximate surface area is 118 Å². The van der Waals surface area contributed by atoms with E-state index >= 15 is 0 Å². The number of rotatable bonds is 4. The Balaban J connectivity index is 0.00000324. The summed E-state index contributed by atoms with van der Waals surface area (Å²) in [5.74, 6) is -0.667.